The highest BCUT2D eigenvalue weighted by Crippen LogP contribution is 2.34. The van der Waals surface area contributed by atoms with Crippen LogP contribution in [-0.4, -0.2) is 29.5 Å². The molecule has 1 unspecified atom stereocenters. The van der Waals surface area contributed by atoms with Crippen LogP contribution in [0.4, 0.5) is 0 Å². The Bertz CT molecular complexity index is 318. The van der Waals surface area contributed by atoms with Gasteiger partial charge in [0.2, 0.25) is 6.79 Å². The minimum atomic E-state index is 0.0846. The molecule has 0 bridgehead atoms. The Morgan fingerprint density at radius 1 is 1.31 bits per heavy atom. The first-order valence-electron chi connectivity index (χ1n) is 4.93. The van der Waals surface area contributed by atoms with Gasteiger partial charge in [0.25, 0.3) is 0 Å². The van der Waals surface area contributed by atoms with Crippen molar-refractivity contribution in [1.29, 1.82) is 0 Å². The van der Waals surface area contributed by atoms with Gasteiger partial charge in [-0.1, -0.05) is 0 Å². The van der Waals surface area contributed by atoms with Crippen LogP contribution in [0.25, 0.3) is 0 Å². The molecule has 1 heterocycles. The number of nitrogens with two attached hydrogens (primary N) is 1. The Morgan fingerprint density at radius 2 is 2.06 bits per heavy atom. The van der Waals surface area contributed by atoms with E-state index in [-0.39, 0.29) is 21.4 Å². The Balaban J connectivity index is 0.000000187. The summed E-state index contributed by atoms with van der Waals surface area (Å²) in [6.45, 7) is 0.951. The first kappa shape index (κ1) is 13.0. The van der Waals surface area contributed by atoms with Crippen LogP contribution in [0, 0.1) is 0 Å². The number of ether oxygens (including phenoxy) is 2. The van der Waals surface area contributed by atoms with Crippen molar-refractivity contribution >= 4 is 8.81 Å². The quantitative estimate of drug-likeness (QED) is 0.547. The first-order chi connectivity index (χ1) is 7.77. The van der Waals surface area contributed by atoms with Gasteiger partial charge in [0.1, 0.15) is 5.75 Å². The monoisotopic (exact) mass is 245 g/mol. The van der Waals surface area contributed by atoms with Gasteiger partial charge in [0.05, 0.1) is 0 Å². The van der Waals surface area contributed by atoms with E-state index in [1.807, 2.05) is 0 Å². The zero-order chi connectivity index (χ0) is 11.8. The number of rotatable bonds is 3. The summed E-state index contributed by atoms with van der Waals surface area (Å²) in [7, 11) is 0.0846. The Morgan fingerprint density at radius 3 is 2.69 bits per heavy atom. The molecule has 0 aliphatic carbocycles. The molecule has 6 heteroatoms. The van der Waals surface area contributed by atoms with Gasteiger partial charge in [-0.05, 0) is 31.3 Å². The molecule has 4 N–H and O–H groups in total. The van der Waals surface area contributed by atoms with Crippen LogP contribution in [-0.2, 0) is 0 Å². The number of hydrogen-bond acceptors (Lipinski definition) is 5. The number of hydrogen-bond donors (Lipinski definition) is 3. The largest absolute Gasteiger partial charge is 0.508 e. The molecule has 0 spiro atoms. The fourth-order valence-corrected chi connectivity index (χ4v) is 1.43. The summed E-state index contributed by atoms with van der Waals surface area (Å²) in [5, 5.41) is 8.96. The summed E-state index contributed by atoms with van der Waals surface area (Å²) in [6.07, 6.45) is 1.82. The van der Waals surface area contributed by atoms with E-state index in [1.165, 1.54) is 6.07 Å². The SMILES string of the molecule is NCCCPO.Oc1ccc2c(c1)OCO2. The van der Waals surface area contributed by atoms with Gasteiger partial charge in [0.15, 0.2) is 11.5 Å². The maximum atomic E-state index is 8.96. The molecular weight excluding hydrogens is 229 g/mol. The normalized spacial score (nSPS) is 12.6. The number of phenolic OH excluding ortho intramolecular Hbond substituents is 1. The van der Waals surface area contributed by atoms with Crippen molar-refractivity contribution < 1.29 is 19.5 Å². The minimum Gasteiger partial charge on any atom is -0.508 e. The molecule has 0 saturated carbocycles. The summed E-state index contributed by atoms with van der Waals surface area (Å²) < 4.78 is 10.0. The molecule has 1 aromatic carbocycles. The predicted molar refractivity (Wildman–Crippen MR) is 63.3 cm³/mol. The fraction of sp³-hybridized carbons (Fsp3) is 0.400. The van der Waals surface area contributed by atoms with Crippen molar-refractivity contribution in [3.8, 4) is 17.2 Å². The zero-order valence-corrected chi connectivity index (χ0v) is 9.85. The Kier molecular flexibility index (Phi) is 5.93. The van der Waals surface area contributed by atoms with Crippen molar-refractivity contribution in [3.63, 3.8) is 0 Å². The van der Waals surface area contributed by atoms with Crippen molar-refractivity contribution in [2.75, 3.05) is 19.5 Å². The Labute approximate surface area is 96.0 Å². The molecule has 2 rings (SSSR count). The number of phenols is 1. The third-order valence-electron chi connectivity index (χ3n) is 1.85. The van der Waals surface area contributed by atoms with Crippen molar-refractivity contribution in [3.05, 3.63) is 18.2 Å². The summed E-state index contributed by atoms with van der Waals surface area (Å²) in [6, 6.07) is 4.77. The fourth-order valence-electron chi connectivity index (χ4n) is 1.07. The van der Waals surface area contributed by atoms with Crippen molar-refractivity contribution in [1.82, 2.24) is 0 Å². The number of fused-ring (bicyclic) bond motifs is 1. The maximum absolute atomic E-state index is 8.96. The van der Waals surface area contributed by atoms with Crippen LogP contribution in [0.15, 0.2) is 18.2 Å². The van der Waals surface area contributed by atoms with E-state index >= 15 is 0 Å². The van der Waals surface area contributed by atoms with Crippen LogP contribution in [0.5, 0.6) is 17.2 Å². The molecule has 0 radical (unpaired) electrons. The molecule has 0 fully saturated rings. The lowest BCUT2D eigenvalue weighted by Gasteiger charge is -1.93. The molecule has 16 heavy (non-hydrogen) atoms. The van der Waals surface area contributed by atoms with Crippen LogP contribution in [0.3, 0.4) is 0 Å². The second-order valence-corrected chi connectivity index (χ2v) is 3.90. The van der Waals surface area contributed by atoms with E-state index in [9.17, 15) is 0 Å². The lowest BCUT2D eigenvalue weighted by atomic mass is 10.3. The standard InChI is InChI=1S/C7H6O3.C3H10NOP/c8-5-1-2-6-7(3-5)10-4-9-6;4-2-1-3-6-5/h1-3,8H,4H2;5-6H,1-4H2. The molecule has 0 aromatic heterocycles. The van der Waals surface area contributed by atoms with Crippen LogP contribution < -0.4 is 15.2 Å². The molecule has 0 amide bonds. The van der Waals surface area contributed by atoms with Gasteiger partial charge in [-0.2, -0.15) is 0 Å². The molecule has 1 aliphatic rings. The highest BCUT2D eigenvalue weighted by atomic mass is 31.1. The highest BCUT2D eigenvalue weighted by molar-refractivity contribution is 7.31. The minimum absolute atomic E-state index is 0.0846. The van der Waals surface area contributed by atoms with Gasteiger partial charge in [0, 0.05) is 14.9 Å². The van der Waals surface area contributed by atoms with Gasteiger partial charge >= 0.3 is 0 Å². The first-order valence-corrected chi connectivity index (χ1v) is 6.09. The molecule has 1 aliphatic heterocycles. The van der Waals surface area contributed by atoms with E-state index in [1.54, 1.807) is 12.1 Å². The highest BCUT2D eigenvalue weighted by Gasteiger charge is 2.12. The summed E-state index contributed by atoms with van der Waals surface area (Å²) in [5.41, 5.74) is 5.11. The van der Waals surface area contributed by atoms with Gasteiger partial charge in [-0.25, -0.2) is 0 Å². The van der Waals surface area contributed by atoms with Crippen molar-refractivity contribution in [2.24, 2.45) is 5.73 Å². The molecule has 1 aromatic rings. The topological polar surface area (TPSA) is 84.9 Å². The van der Waals surface area contributed by atoms with E-state index in [4.69, 9.17) is 25.2 Å². The van der Waals surface area contributed by atoms with Gasteiger partial charge < -0.3 is 25.2 Å². The second kappa shape index (κ2) is 7.28. The molecular formula is C10H16NO4P. The third kappa shape index (κ3) is 4.23. The number of aromatic hydroxyl groups is 1. The van der Waals surface area contributed by atoms with Crippen molar-refractivity contribution in [2.45, 2.75) is 6.42 Å². The smallest absolute Gasteiger partial charge is 0.231 e. The molecule has 90 valence electrons. The predicted octanol–water partition coefficient (Wildman–Crippen LogP) is 1.04. The van der Waals surface area contributed by atoms with Crippen LogP contribution in [0.2, 0.25) is 0 Å². The van der Waals surface area contributed by atoms with E-state index in [0.29, 0.717) is 18.0 Å². The number of benzene rings is 1. The average molecular weight is 245 g/mol. The molecule has 0 saturated heterocycles. The summed E-state index contributed by atoms with van der Waals surface area (Å²) >= 11 is 0. The third-order valence-corrected chi connectivity index (χ3v) is 2.43. The lowest BCUT2D eigenvalue weighted by Crippen LogP contribution is -1.98. The Hall–Kier alpha value is -1.03. The van der Waals surface area contributed by atoms with Gasteiger partial charge in [-0.3, -0.25) is 0 Å². The summed E-state index contributed by atoms with van der Waals surface area (Å²) in [4.78, 5) is 8.17. The van der Waals surface area contributed by atoms with E-state index < -0.39 is 0 Å². The lowest BCUT2D eigenvalue weighted by molar-refractivity contribution is 0.174. The second-order valence-electron chi connectivity index (χ2n) is 3.09. The van der Waals surface area contributed by atoms with Crippen LogP contribution >= 0.6 is 8.81 Å². The zero-order valence-electron chi connectivity index (χ0n) is 8.85. The maximum Gasteiger partial charge on any atom is 0.231 e. The average Bonchev–Trinajstić information content (AvgIpc) is 2.74. The van der Waals surface area contributed by atoms with E-state index in [2.05, 4.69) is 0 Å². The molecule has 1 atom stereocenters. The van der Waals surface area contributed by atoms with Crippen LogP contribution in [0.1, 0.15) is 6.42 Å². The summed E-state index contributed by atoms with van der Waals surface area (Å²) in [5.74, 6) is 1.50. The molecule has 5 nitrogen and oxygen atoms in total. The van der Waals surface area contributed by atoms with Gasteiger partial charge in [-0.15, -0.1) is 0 Å². The van der Waals surface area contributed by atoms with E-state index in [0.717, 1.165) is 12.6 Å².